The highest BCUT2D eigenvalue weighted by Crippen LogP contribution is 2.49. The van der Waals surface area contributed by atoms with E-state index in [2.05, 4.69) is 145 Å². The molecule has 0 unspecified atom stereocenters. The number of fused-ring (bicyclic) bond motifs is 14. The van der Waals surface area contributed by atoms with Crippen molar-refractivity contribution in [3.63, 3.8) is 0 Å². The van der Waals surface area contributed by atoms with Gasteiger partial charge >= 0.3 is 0 Å². The quantitative estimate of drug-likeness (QED) is 0.144. The van der Waals surface area contributed by atoms with Crippen LogP contribution in [-0.4, -0.2) is 23.9 Å². The lowest BCUT2D eigenvalue weighted by Crippen LogP contribution is -2.11. The zero-order chi connectivity index (χ0) is 38.9. The number of hydrogen-bond donors (Lipinski definition) is 1. The molecule has 0 atom stereocenters. The summed E-state index contributed by atoms with van der Waals surface area (Å²) in [5.41, 5.74) is 15.1. The minimum Gasteiger partial charge on any atom is -0.506 e. The number of phenolic OH excluding ortho intramolecular Hbond substituents is 1. The molecule has 6 heteroatoms. The second-order valence-electron chi connectivity index (χ2n) is 16.4. The Labute approximate surface area is 332 Å². The van der Waals surface area contributed by atoms with Gasteiger partial charge in [-0.15, -0.1) is 0 Å². The molecule has 276 valence electrons. The molecule has 1 N–H and O–H groups in total. The monoisotopic (exact) mass is 748 g/mol. The van der Waals surface area contributed by atoms with Crippen molar-refractivity contribution in [1.29, 1.82) is 0 Å². The third-order valence-corrected chi connectivity index (χ3v) is 12.0. The van der Waals surface area contributed by atoms with E-state index in [1.165, 1.54) is 5.56 Å². The van der Waals surface area contributed by atoms with Crippen molar-refractivity contribution in [2.45, 2.75) is 26.2 Å². The van der Waals surface area contributed by atoms with Crippen molar-refractivity contribution in [2.75, 3.05) is 0 Å². The summed E-state index contributed by atoms with van der Waals surface area (Å²) >= 11 is 0. The van der Waals surface area contributed by atoms with Crippen molar-refractivity contribution in [3.05, 3.63) is 163 Å². The average molecular weight is 749 g/mol. The molecule has 0 fully saturated rings. The summed E-state index contributed by atoms with van der Waals surface area (Å²) in [7, 11) is 0. The minimum atomic E-state index is -0.128. The number of imidazole rings is 1. The first-order chi connectivity index (χ1) is 28.3. The molecule has 5 aromatic heterocycles. The van der Waals surface area contributed by atoms with Gasteiger partial charge < -0.3 is 13.9 Å². The summed E-state index contributed by atoms with van der Waals surface area (Å²) in [5, 5.41) is 16.9. The van der Waals surface area contributed by atoms with Crippen molar-refractivity contribution in [3.8, 4) is 39.3 Å². The van der Waals surface area contributed by atoms with E-state index in [1.54, 1.807) is 0 Å². The zero-order valence-corrected chi connectivity index (χ0v) is 32.2. The second kappa shape index (κ2) is 11.8. The highest BCUT2D eigenvalue weighted by atomic mass is 16.3. The van der Waals surface area contributed by atoms with Gasteiger partial charge in [0.25, 0.3) is 0 Å². The first kappa shape index (κ1) is 32.8. The van der Waals surface area contributed by atoms with Gasteiger partial charge in [0.15, 0.2) is 11.2 Å². The van der Waals surface area contributed by atoms with Crippen LogP contribution in [0.5, 0.6) is 5.75 Å². The van der Waals surface area contributed by atoms with Crippen LogP contribution in [0.15, 0.2) is 162 Å². The summed E-state index contributed by atoms with van der Waals surface area (Å²) < 4.78 is 11.4. The van der Waals surface area contributed by atoms with E-state index in [0.29, 0.717) is 11.0 Å². The van der Waals surface area contributed by atoms with Gasteiger partial charge in [-0.25, -0.2) is 4.98 Å². The van der Waals surface area contributed by atoms with Gasteiger partial charge in [0.1, 0.15) is 16.9 Å². The first-order valence-electron chi connectivity index (χ1n) is 19.7. The Hall–Kier alpha value is -7.44. The number of rotatable bonds is 3. The number of aromatic nitrogens is 4. The number of hydrogen-bond acceptors (Lipinski definition) is 4. The molecule has 12 rings (SSSR count). The van der Waals surface area contributed by atoms with Gasteiger partial charge in [-0.2, -0.15) is 0 Å². The van der Waals surface area contributed by atoms with Crippen LogP contribution in [0.2, 0.25) is 0 Å². The van der Waals surface area contributed by atoms with Crippen LogP contribution in [-0.2, 0) is 5.41 Å². The fourth-order valence-electron chi connectivity index (χ4n) is 9.22. The number of benzene rings is 7. The molecule has 0 radical (unpaired) electrons. The number of nitrogens with zero attached hydrogens (tertiary/aromatic N) is 4. The van der Waals surface area contributed by atoms with Gasteiger partial charge in [-0.3, -0.25) is 9.38 Å². The summed E-state index contributed by atoms with van der Waals surface area (Å²) in [4.78, 5) is 10.4. The largest absolute Gasteiger partial charge is 0.506 e. The van der Waals surface area contributed by atoms with E-state index in [-0.39, 0.29) is 11.2 Å². The van der Waals surface area contributed by atoms with Crippen molar-refractivity contribution in [1.82, 2.24) is 18.8 Å². The first-order valence-corrected chi connectivity index (χ1v) is 19.7. The predicted octanol–water partition coefficient (Wildman–Crippen LogP) is 13.5. The van der Waals surface area contributed by atoms with Gasteiger partial charge in [0.05, 0.1) is 44.0 Å². The molecule has 58 heavy (non-hydrogen) atoms. The molecule has 5 heterocycles. The topological polar surface area (TPSA) is 68.0 Å². The Morgan fingerprint density at radius 3 is 2.02 bits per heavy atom. The molecule has 0 aliphatic heterocycles. The Bertz CT molecular complexity index is 3680. The Kier molecular flexibility index (Phi) is 6.66. The number of pyridine rings is 2. The van der Waals surface area contributed by atoms with Gasteiger partial charge in [0.2, 0.25) is 0 Å². The van der Waals surface area contributed by atoms with Gasteiger partial charge in [0, 0.05) is 33.5 Å². The molecule has 7 aromatic carbocycles. The molecule has 0 aliphatic carbocycles. The fraction of sp³-hybridized carbons (Fsp3) is 0.0769. The molecule has 12 aromatic rings. The van der Waals surface area contributed by atoms with Crippen LogP contribution in [0.3, 0.4) is 0 Å². The van der Waals surface area contributed by atoms with Gasteiger partial charge in [-0.1, -0.05) is 118 Å². The van der Waals surface area contributed by atoms with E-state index in [0.717, 1.165) is 99.3 Å². The molecule has 0 spiro atoms. The maximum Gasteiger partial charge on any atom is 0.161 e. The number of aromatic hydroxyl groups is 1. The van der Waals surface area contributed by atoms with Crippen LogP contribution in [0, 0.1) is 0 Å². The van der Waals surface area contributed by atoms with Crippen molar-refractivity contribution < 1.29 is 9.52 Å². The fourth-order valence-corrected chi connectivity index (χ4v) is 9.22. The maximum atomic E-state index is 12.7. The van der Waals surface area contributed by atoms with Crippen LogP contribution in [0.1, 0.15) is 26.3 Å². The summed E-state index contributed by atoms with van der Waals surface area (Å²) in [6.07, 6.45) is 1.90. The third-order valence-electron chi connectivity index (χ3n) is 12.0. The highest BCUT2D eigenvalue weighted by Gasteiger charge is 2.27. The number of phenols is 1. The lowest BCUT2D eigenvalue weighted by atomic mass is 9.83. The predicted molar refractivity (Wildman–Crippen MR) is 238 cm³/mol. The third kappa shape index (κ3) is 4.54. The molecule has 0 bridgehead atoms. The average Bonchev–Trinajstić information content (AvgIpc) is 3.83. The normalized spacial score (nSPS) is 12.5. The van der Waals surface area contributed by atoms with Crippen molar-refractivity contribution in [2.24, 2.45) is 0 Å². The second-order valence-corrected chi connectivity index (χ2v) is 16.4. The van der Waals surface area contributed by atoms with Gasteiger partial charge in [-0.05, 0) is 82.3 Å². The Morgan fingerprint density at radius 1 is 0.552 bits per heavy atom. The van der Waals surface area contributed by atoms with E-state index < -0.39 is 0 Å². The summed E-state index contributed by atoms with van der Waals surface area (Å²) in [6.45, 7) is 6.75. The van der Waals surface area contributed by atoms with Crippen LogP contribution >= 0.6 is 0 Å². The van der Waals surface area contributed by atoms with Crippen molar-refractivity contribution >= 4 is 76.8 Å². The smallest absolute Gasteiger partial charge is 0.161 e. The van der Waals surface area contributed by atoms with Crippen LogP contribution in [0.25, 0.3) is 110 Å². The van der Waals surface area contributed by atoms with E-state index >= 15 is 0 Å². The molecule has 0 aliphatic rings. The Morgan fingerprint density at radius 2 is 1.22 bits per heavy atom. The lowest BCUT2D eigenvalue weighted by molar-refractivity contribution is 0.488. The molecule has 0 saturated heterocycles. The number of para-hydroxylation sites is 5. The highest BCUT2D eigenvalue weighted by molar-refractivity contribution is 6.33. The van der Waals surface area contributed by atoms with E-state index in [9.17, 15) is 5.11 Å². The van der Waals surface area contributed by atoms with Crippen LogP contribution in [0.4, 0.5) is 0 Å². The van der Waals surface area contributed by atoms with E-state index in [1.807, 2.05) is 42.6 Å². The molecule has 6 nitrogen and oxygen atoms in total. The molecular formula is C52H36N4O2. The molecular weight excluding hydrogens is 713 g/mol. The molecule has 0 amide bonds. The zero-order valence-electron chi connectivity index (χ0n) is 32.2. The SMILES string of the molecule is CC(C)(C)c1cc(-c2cc(-c3ccccc3)ccn2)cc(-c2cccc3c2nc2c4c(O)c5c6ccccc6n6c7ccccc7oc(c4c4ccccc4n32)c56)c1. The van der Waals surface area contributed by atoms with E-state index in [4.69, 9.17) is 14.4 Å². The maximum absolute atomic E-state index is 12.7. The summed E-state index contributed by atoms with van der Waals surface area (Å²) in [5.74, 6) is 0.195. The summed E-state index contributed by atoms with van der Waals surface area (Å²) in [6, 6.07) is 52.7. The Balaban J connectivity index is 1.20. The minimum absolute atomic E-state index is 0.128. The lowest BCUT2D eigenvalue weighted by Gasteiger charge is -2.22. The standard InChI is InChI=1S/C52H36N4O2/c1-52(2,3)34-27-32(26-33(28-34)38-29-31(24-25-53-38)30-14-5-4-6-15-30)35-18-13-22-42-47(35)54-51-46-44(36-16-7-10-20-40(36)56(42)51)50-48-45(49(46)57)37-17-8-9-19-39(37)55(48)41-21-11-12-23-43(41)58-50/h4-29,57H,1-3H3. The van der Waals surface area contributed by atoms with Crippen LogP contribution < -0.4 is 0 Å². The molecule has 0 saturated carbocycles.